The smallest absolute Gasteiger partial charge is 0.120 e. The second-order valence-electron chi connectivity index (χ2n) is 5.09. The second kappa shape index (κ2) is 6.76. The molecule has 1 aromatic carbocycles. The molecule has 1 saturated heterocycles. The molecule has 3 heteroatoms. The van der Waals surface area contributed by atoms with E-state index >= 15 is 0 Å². The van der Waals surface area contributed by atoms with Crippen molar-refractivity contribution in [1.29, 1.82) is 0 Å². The molecule has 0 aromatic heterocycles. The number of ether oxygens (including phenoxy) is 1. The van der Waals surface area contributed by atoms with E-state index in [4.69, 9.17) is 4.74 Å². The molecule has 1 heterocycles. The molecule has 2 N–H and O–H groups in total. The number of nitrogens with one attached hydrogen (secondary N) is 1. The van der Waals surface area contributed by atoms with E-state index in [1.54, 1.807) is 6.07 Å². The van der Waals surface area contributed by atoms with Gasteiger partial charge < -0.3 is 15.2 Å². The van der Waals surface area contributed by atoms with Gasteiger partial charge in [0.1, 0.15) is 5.75 Å². The van der Waals surface area contributed by atoms with Crippen LogP contribution < -0.4 is 5.32 Å². The van der Waals surface area contributed by atoms with E-state index in [9.17, 15) is 5.11 Å². The first-order valence-electron chi connectivity index (χ1n) is 6.86. The lowest BCUT2D eigenvalue weighted by atomic mass is 10.1. The average Bonchev–Trinajstić information content (AvgIpc) is 2.40. The van der Waals surface area contributed by atoms with Gasteiger partial charge >= 0.3 is 0 Å². The van der Waals surface area contributed by atoms with Crippen LogP contribution in [-0.4, -0.2) is 24.4 Å². The minimum Gasteiger partial charge on any atom is -0.508 e. The first-order chi connectivity index (χ1) is 8.75. The standard InChI is InChI=1S/C15H23NO2/c1-12-5-6-15(17)13(10-12)11-16-8-7-14-4-2-3-9-18-14/h5-6,10,14,16-17H,2-4,7-9,11H2,1H3. The highest BCUT2D eigenvalue weighted by molar-refractivity contribution is 5.35. The molecule has 18 heavy (non-hydrogen) atoms. The number of benzene rings is 1. The average molecular weight is 249 g/mol. The molecule has 1 aliphatic heterocycles. The van der Waals surface area contributed by atoms with Crippen LogP contribution in [0.1, 0.15) is 36.8 Å². The Morgan fingerprint density at radius 2 is 2.28 bits per heavy atom. The third kappa shape index (κ3) is 4.00. The minimum absolute atomic E-state index is 0.377. The Balaban J connectivity index is 1.69. The summed E-state index contributed by atoms with van der Waals surface area (Å²) in [6.45, 7) is 4.63. The molecular weight excluding hydrogens is 226 g/mol. The largest absolute Gasteiger partial charge is 0.508 e. The number of hydrogen-bond acceptors (Lipinski definition) is 3. The predicted octanol–water partition coefficient (Wildman–Crippen LogP) is 2.75. The van der Waals surface area contributed by atoms with Crippen LogP contribution in [0.25, 0.3) is 0 Å². The maximum Gasteiger partial charge on any atom is 0.120 e. The summed E-state index contributed by atoms with van der Waals surface area (Å²) in [5.41, 5.74) is 2.15. The molecule has 1 atom stereocenters. The molecule has 0 aliphatic carbocycles. The lowest BCUT2D eigenvalue weighted by molar-refractivity contribution is 0.0115. The molecule has 0 radical (unpaired) electrons. The van der Waals surface area contributed by atoms with Crippen LogP contribution in [0.4, 0.5) is 0 Å². The fraction of sp³-hybridized carbons (Fsp3) is 0.600. The topological polar surface area (TPSA) is 41.5 Å². The highest BCUT2D eigenvalue weighted by Crippen LogP contribution is 2.18. The summed E-state index contributed by atoms with van der Waals surface area (Å²) >= 11 is 0. The van der Waals surface area contributed by atoms with E-state index in [1.807, 2.05) is 19.1 Å². The Morgan fingerprint density at radius 1 is 1.39 bits per heavy atom. The number of aromatic hydroxyl groups is 1. The highest BCUT2D eigenvalue weighted by atomic mass is 16.5. The summed E-state index contributed by atoms with van der Waals surface area (Å²) in [6.07, 6.45) is 5.19. The molecule has 0 saturated carbocycles. The molecule has 1 fully saturated rings. The molecule has 3 nitrogen and oxygen atoms in total. The van der Waals surface area contributed by atoms with Crippen molar-refractivity contribution in [3.63, 3.8) is 0 Å². The third-order valence-electron chi connectivity index (χ3n) is 3.47. The van der Waals surface area contributed by atoms with E-state index in [-0.39, 0.29) is 0 Å². The summed E-state index contributed by atoms with van der Waals surface area (Å²) in [7, 11) is 0. The maximum absolute atomic E-state index is 9.72. The number of phenols is 1. The zero-order valence-electron chi connectivity index (χ0n) is 11.1. The number of aryl methyl sites for hydroxylation is 1. The van der Waals surface area contributed by atoms with Gasteiger partial charge in [-0.3, -0.25) is 0 Å². The quantitative estimate of drug-likeness (QED) is 0.788. The Labute approximate surface area is 109 Å². The van der Waals surface area contributed by atoms with Gasteiger partial charge in [-0.05, 0) is 45.2 Å². The summed E-state index contributed by atoms with van der Waals surface area (Å²) in [4.78, 5) is 0. The summed E-state index contributed by atoms with van der Waals surface area (Å²) < 4.78 is 5.68. The molecular formula is C15H23NO2. The van der Waals surface area contributed by atoms with Crippen molar-refractivity contribution in [1.82, 2.24) is 5.32 Å². The van der Waals surface area contributed by atoms with Crippen molar-refractivity contribution in [3.05, 3.63) is 29.3 Å². The maximum atomic E-state index is 9.72. The molecule has 0 amide bonds. The SMILES string of the molecule is Cc1ccc(O)c(CNCCC2CCCCO2)c1. The van der Waals surface area contributed by atoms with E-state index < -0.39 is 0 Å². The molecule has 100 valence electrons. The van der Waals surface area contributed by atoms with E-state index in [1.165, 1.54) is 24.8 Å². The third-order valence-corrected chi connectivity index (χ3v) is 3.47. The first kappa shape index (κ1) is 13.4. The molecule has 1 aromatic rings. The van der Waals surface area contributed by atoms with Crippen molar-refractivity contribution in [2.24, 2.45) is 0 Å². The normalized spacial score (nSPS) is 19.9. The van der Waals surface area contributed by atoms with Gasteiger partial charge in [0, 0.05) is 18.7 Å². The van der Waals surface area contributed by atoms with Crippen LogP contribution in [0.2, 0.25) is 0 Å². The van der Waals surface area contributed by atoms with Crippen LogP contribution in [0.15, 0.2) is 18.2 Å². The summed E-state index contributed by atoms with van der Waals surface area (Å²) in [5.74, 6) is 0.377. The zero-order chi connectivity index (χ0) is 12.8. The van der Waals surface area contributed by atoms with Gasteiger partial charge in [-0.1, -0.05) is 17.7 Å². The highest BCUT2D eigenvalue weighted by Gasteiger charge is 2.12. The van der Waals surface area contributed by atoms with Gasteiger partial charge in [0.15, 0.2) is 0 Å². The molecule has 0 bridgehead atoms. The van der Waals surface area contributed by atoms with Crippen LogP contribution >= 0.6 is 0 Å². The Morgan fingerprint density at radius 3 is 3.06 bits per heavy atom. The van der Waals surface area contributed by atoms with Crippen LogP contribution in [0, 0.1) is 6.92 Å². The van der Waals surface area contributed by atoms with Gasteiger partial charge in [0.25, 0.3) is 0 Å². The van der Waals surface area contributed by atoms with Gasteiger partial charge in [-0.25, -0.2) is 0 Å². The number of rotatable bonds is 5. The Kier molecular flexibility index (Phi) is 5.02. The molecule has 1 unspecified atom stereocenters. The molecule has 2 rings (SSSR count). The number of phenolic OH excluding ortho intramolecular Hbond substituents is 1. The van der Waals surface area contributed by atoms with E-state index in [2.05, 4.69) is 5.32 Å². The van der Waals surface area contributed by atoms with Gasteiger partial charge in [0.2, 0.25) is 0 Å². The van der Waals surface area contributed by atoms with Crippen LogP contribution in [0.3, 0.4) is 0 Å². The summed E-state index contributed by atoms with van der Waals surface area (Å²) in [6, 6.07) is 5.71. The van der Waals surface area contributed by atoms with Crippen molar-refractivity contribution in [2.45, 2.75) is 45.3 Å². The Hall–Kier alpha value is -1.06. The first-order valence-corrected chi connectivity index (χ1v) is 6.86. The molecule has 1 aliphatic rings. The van der Waals surface area contributed by atoms with Crippen LogP contribution in [-0.2, 0) is 11.3 Å². The van der Waals surface area contributed by atoms with E-state index in [0.717, 1.165) is 31.7 Å². The number of hydrogen-bond donors (Lipinski definition) is 2. The van der Waals surface area contributed by atoms with Gasteiger partial charge in [-0.2, -0.15) is 0 Å². The van der Waals surface area contributed by atoms with Gasteiger partial charge in [0.05, 0.1) is 6.10 Å². The van der Waals surface area contributed by atoms with Crippen LogP contribution in [0.5, 0.6) is 5.75 Å². The minimum atomic E-state index is 0.377. The van der Waals surface area contributed by atoms with Crippen molar-refractivity contribution in [2.75, 3.05) is 13.2 Å². The fourth-order valence-electron chi connectivity index (χ4n) is 2.38. The van der Waals surface area contributed by atoms with Crippen molar-refractivity contribution in [3.8, 4) is 5.75 Å². The predicted molar refractivity (Wildman–Crippen MR) is 72.8 cm³/mol. The zero-order valence-corrected chi connectivity index (χ0v) is 11.1. The Bertz CT molecular complexity index is 373. The second-order valence-corrected chi connectivity index (χ2v) is 5.09. The van der Waals surface area contributed by atoms with Crippen molar-refractivity contribution < 1.29 is 9.84 Å². The monoisotopic (exact) mass is 249 g/mol. The van der Waals surface area contributed by atoms with Gasteiger partial charge in [-0.15, -0.1) is 0 Å². The molecule has 0 spiro atoms. The van der Waals surface area contributed by atoms with E-state index in [0.29, 0.717) is 11.9 Å². The lowest BCUT2D eigenvalue weighted by Gasteiger charge is -2.22. The van der Waals surface area contributed by atoms with Crippen molar-refractivity contribution >= 4 is 0 Å². The fourth-order valence-corrected chi connectivity index (χ4v) is 2.38. The lowest BCUT2D eigenvalue weighted by Crippen LogP contribution is -2.25. The summed E-state index contributed by atoms with van der Waals surface area (Å²) in [5, 5.41) is 13.1.